The highest BCUT2D eigenvalue weighted by Crippen LogP contribution is 2.17. The van der Waals surface area contributed by atoms with Crippen LogP contribution in [0.15, 0.2) is 16.8 Å². The van der Waals surface area contributed by atoms with Gasteiger partial charge in [0.25, 0.3) is 0 Å². The van der Waals surface area contributed by atoms with E-state index in [0.29, 0.717) is 12.3 Å². The minimum absolute atomic E-state index is 0. The van der Waals surface area contributed by atoms with Crippen molar-refractivity contribution in [3.05, 3.63) is 22.4 Å². The third-order valence-electron chi connectivity index (χ3n) is 3.30. The van der Waals surface area contributed by atoms with E-state index in [4.69, 9.17) is 0 Å². The van der Waals surface area contributed by atoms with E-state index in [-0.39, 0.29) is 18.3 Å². The summed E-state index contributed by atoms with van der Waals surface area (Å²) in [4.78, 5) is 14.2. The number of carbonyl (C=O) groups is 1. The minimum atomic E-state index is 0. The van der Waals surface area contributed by atoms with Crippen LogP contribution in [0.2, 0.25) is 0 Å². The van der Waals surface area contributed by atoms with E-state index in [0.717, 1.165) is 31.6 Å². The van der Waals surface area contributed by atoms with Crippen LogP contribution >= 0.6 is 23.7 Å². The van der Waals surface area contributed by atoms with Gasteiger partial charge >= 0.3 is 0 Å². The second-order valence-corrected chi connectivity index (χ2v) is 5.49. The maximum atomic E-state index is 12.1. The largest absolute Gasteiger partial charge is 0.342 e. The molecule has 2 heterocycles. The van der Waals surface area contributed by atoms with Crippen molar-refractivity contribution in [3.8, 4) is 0 Å². The van der Waals surface area contributed by atoms with Gasteiger partial charge in [0.1, 0.15) is 0 Å². The summed E-state index contributed by atoms with van der Waals surface area (Å²) >= 11 is 1.66. The molecule has 3 nitrogen and oxygen atoms in total. The van der Waals surface area contributed by atoms with Crippen molar-refractivity contribution in [2.24, 2.45) is 5.92 Å². The molecule has 18 heavy (non-hydrogen) atoms. The van der Waals surface area contributed by atoms with Crippen molar-refractivity contribution < 1.29 is 4.79 Å². The molecule has 2 rings (SSSR count). The molecule has 1 unspecified atom stereocenters. The lowest BCUT2D eigenvalue weighted by molar-refractivity contribution is -0.132. The fourth-order valence-corrected chi connectivity index (χ4v) is 3.10. The van der Waals surface area contributed by atoms with Gasteiger partial charge in [-0.15, -0.1) is 12.4 Å². The van der Waals surface area contributed by atoms with Crippen LogP contribution in [0.3, 0.4) is 0 Å². The number of carbonyl (C=O) groups excluding carboxylic acids is 1. The molecule has 0 spiro atoms. The fraction of sp³-hybridized carbons (Fsp3) is 0.615. The van der Waals surface area contributed by atoms with E-state index in [1.54, 1.807) is 11.3 Å². The average molecular weight is 289 g/mol. The minimum Gasteiger partial charge on any atom is -0.342 e. The predicted octanol–water partition coefficient (Wildman–Crippen LogP) is 2.17. The van der Waals surface area contributed by atoms with Gasteiger partial charge in [-0.2, -0.15) is 11.3 Å². The van der Waals surface area contributed by atoms with Gasteiger partial charge in [-0.05, 0) is 54.7 Å². The van der Waals surface area contributed by atoms with Crippen molar-refractivity contribution in [1.29, 1.82) is 0 Å². The van der Waals surface area contributed by atoms with Crippen molar-refractivity contribution in [3.63, 3.8) is 0 Å². The number of nitrogens with one attached hydrogen (secondary N) is 1. The standard InChI is InChI=1S/C13H20N2OS.ClH/c1-14-8-12-3-2-5-15(9-12)13(16)7-11-4-6-17-10-11;/h4,6,10,12,14H,2-3,5,7-9H2,1H3;1H. The maximum Gasteiger partial charge on any atom is 0.227 e. The lowest BCUT2D eigenvalue weighted by Gasteiger charge is -2.32. The van der Waals surface area contributed by atoms with Crippen LogP contribution in [-0.2, 0) is 11.2 Å². The molecule has 102 valence electrons. The summed E-state index contributed by atoms with van der Waals surface area (Å²) in [5, 5.41) is 7.30. The van der Waals surface area contributed by atoms with Crippen LogP contribution in [0.4, 0.5) is 0 Å². The normalized spacial score (nSPS) is 19.4. The third kappa shape index (κ3) is 4.26. The molecule has 5 heteroatoms. The molecule has 1 amide bonds. The Hall–Kier alpha value is -0.580. The van der Waals surface area contributed by atoms with E-state index >= 15 is 0 Å². The zero-order valence-electron chi connectivity index (χ0n) is 10.7. The molecule has 1 aliphatic heterocycles. The molecule has 1 fully saturated rings. The molecule has 0 saturated carbocycles. The second-order valence-electron chi connectivity index (χ2n) is 4.71. The molecule has 1 saturated heterocycles. The SMILES string of the molecule is CNCC1CCCN(C(=O)Cc2ccsc2)C1.Cl. The summed E-state index contributed by atoms with van der Waals surface area (Å²) in [6.45, 7) is 2.87. The zero-order valence-corrected chi connectivity index (χ0v) is 12.4. The van der Waals surface area contributed by atoms with Crippen molar-refractivity contribution >= 4 is 29.7 Å². The van der Waals surface area contributed by atoms with Gasteiger partial charge in [-0.1, -0.05) is 0 Å². The Morgan fingerprint density at radius 3 is 3.11 bits per heavy atom. The van der Waals surface area contributed by atoms with E-state index in [9.17, 15) is 4.79 Å². The first kappa shape index (κ1) is 15.5. The van der Waals surface area contributed by atoms with E-state index in [2.05, 4.69) is 10.7 Å². The molecule has 1 N–H and O–H groups in total. The lowest BCUT2D eigenvalue weighted by Crippen LogP contribution is -2.43. The predicted molar refractivity (Wildman–Crippen MR) is 78.5 cm³/mol. The van der Waals surface area contributed by atoms with Gasteiger partial charge < -0.3 is 10.2 Å². The Morgan fingerprint density at radius 2 is 2.44 bits per heavy atom. The van der Waals surface area contributed by atoms with E-state index < -0.39 is 0 Å². The molecule has 1 aromatic heterocycles. The Bertz CT molecular complexity index is 354. The highest BCUT2D eigenvalue weighted by molar-refractivity contribution is 7.07. The summed E-state index contributed by atoms with van der Waals surface area (Å²) in [5.74, 6) is 0.907. The number of halogens is 1. The van der Waals surface area contributed by atoms with Gasteiger partial charge in [-0.25, -0.2) is 0 Å². The third-order valence-corrected chi connectivity index (χ3v) is 4.03. The first-order valence-electron chi connectivity index (χ1n) is 6.23. The van der Waals surface area contributed by atoms with Crippen molar-refractivity contribution in [2.45, 2.75) is 19.3 Å². The highest BCUT2D eigenvalue weighted by atomic mass is 35.5. The van der Waals surface area contributed by atoms with Gasteiger partial charge in [0, 0.05) is 13.1 Å². The molecule has 0 aromatic carbocycles. The summed E-state index contributed by atoms with van der Waals surface area (Å²) in [5.41, 5.74) is 1.15. The summed E-state index contributed by atoms with van der Waals surface area (Å²) < 4.78 is 0. The fourth-order valence-electron chi connectivity index (χ4n) is 2.43. The average Bonchev–Trinajstić information content (AvgIpc) is 2.83. The first-order valence-corrected chi connectivity index (χ1v) is 7.17. The van der Waals surface area contributed by atoms with E-state index in [1.165, 1.54) is 6.42 Å². The number of hydrogen-bond donors (Lipinski definition) is 1. The van der Waals surface area contributed by atoms with Gasteiger partial charge in [0.05, 0.1) is 6.42 Å². The number of piperidine rings is 1. The number of thiophene rings is 1. The smallest absolute Gasteiger partial charge is 0.227 e. The van der Waals surface area contributed by atoms with Crippen LogP contribution in [0, 0.1) is 5.92 Å². The van der Waals surface area contributed by atoms with E-state index in [1.807, 2.05) is 23.4 Å². The quantitative estimate of drug-likeness (QED) is 0.921. The monoisotopic (exact) mass is 288 g/mol. The van der Waals surface area contributed by atoms with Crippen LogP contribution in [0.1, 0.15) is 18.4 Å². The molecule has 0 bridgehead atoms. The second kappa shape index (κ2) is 7.77. The molecule has 0 radical (unpaired) electrons. The maximum absolute atomic E-state index is 12.1. The van der Waals surface area contributed by atoms with Gasteiger partial charge in [0.15, 0.2) is 0 Å². The molecular formula is C13H21ClN2OS. The highest BCUT2D eigenvalue weighted by Gasteiger charge is 2.23. The van der Waals surface area contributed by atoms with Crippen LogP contribution < -0.4 is 5.32 Å². The van der Waals surface area contributed by atoms with Crippen molar-refractivity contribution in [1.82, 2.24) is 10.2 Å². The number of likely N-dealkylation sites (tertiary alicyclic amines) is 1. The molecule has 0 aliphatic carbocycles. The first-order chi connectivity index (χ1) is 8.29. The van der Waals surface area contributed by atoms with Crippen LogP contribution in [-0.4, -0.2) is 37.5 Å². The Balaban J connectivity index is 0.00000162. The van der Waals surface area contributed by atoms with Crippen LogP contribution in [0.25, 0.3) is 0 Å². The van der Waals surface area contributed by atoms with Crippen molar-refractivity contribution in [2.75, 3.05) is 26.7 Å². The summed E-state index contributed by atoms with van der Waals surface area (Å²) in [6, 6.07) is 2.04. The zero-order chi connectivity index (χ0) is 12.1. The molecule has 1 aliphatic rings. The Kier molecular flexibility index (Phi) is 6.68. The number of rotatable bonds is 4. The molecular weight excluding hydrogens is 268 g/mol. The van der Waals surface area contributed by atoms with Gasteiger partial charge in [-0.3, -0.25) is 4.79 Å². The topological polar surface area (TPSA) is 32.3 Å². The Labute approximate surface area is 119 Å². The number of hydrogen-bond acceptors (Lipinski definition) is 3. The van der Waals surface area contributed by atoms with Gasteiger partial charge in [0.2, 0.25) is 5.91 Å². The molecule has 1 aromatic rings. The number of amides is 1. The lowest BCUT2D eigenvalue weighted by atomic mass is 9.97. The Morgan fingerprint density at radius 1 is 1.61 bits per heavy atom. The molecule has 1 atom stereocenters. The number of nitrogens with zero attached hydrogens (tertiary/aromatic N) is 1. The summed E-state index contributed by atoms with van der Waals surface area (Å²) in [6.07, 6.45) is 2.95. The summed E-state index contributed by atoms with van der Waals surface area (Å²) in [7, 11) is 1.98. The van der Waals surface area contributed by atoms with Crippen LogP contribution in [0.5, 0.6) is 0 Å².